The van der Waals surface area contributed by atoms with Crippen LogP contribution in [0.2, 0.25) is 0 Å². The van der Waals surface area contributed by atoms with Crippen molar-refractivity contribution in [2.24, 2.45) is 10.9 Å². The third-order valence-corrected chi connectivity index (χ3v) is 3.37. The quantitative estimate of drug-likeness (QED) is 0.661. The van der Waals surface area contributed by atoms with Crippen molar-refractivity contribution in [3.05, 3.63) is 0 Å². The number of hydrogen-bond acceptors (Lipinski definition) is 2. The van der Waals surface area contributed by atoms with Crippen molar-refractivity contribution >= 4 is 5.90 Å². The first-order chi connectivity index (χ1) is 7.19. The maximum atomic E-state index is 13.2. The molecule has 2 aliphatic rings. The summed E-state index contributed by atoms with van der Waals surface area (Å²) in [5.41, 5.74) is 0. The molecule has 1 saturated carbocycles. The van der Waals surface area contributed by atoms with Crippen molar-refractivity contribution in [1.29, 1.82) is 0 Å². The average Bonchev–Trinajstić information content (AvgIpc) is 2.64. The Balaban J connectivity index is 1.96. The standard InChI is InChI=1S/C11H17F2NO/c1-15-11-3-2-10(14-11)7-4-8(12)6-9(13)5-7/h7-10H,2-6H2,1H3. The van der Waals surface area contributed by atoms with Crippen molar-refractivity contribution in [1.82, 2.24) is 0 Å². The molecule has 1 heterocycles. The second kappa shape index (κ2) is 4.45. The molecule has 3 atom stereocenters. The number of aliphatic imine (C=N–C) groups is 1. The molecule has 0 aromatic carbocycles. The van der Waals surface area contributed by atoms with E-state index < -0.39 is 12.3 Å². The summed E-state index contributed by atoms with van der Waals surface area (Å²) < 4.78 is 31.4. The molecule has 0 radical (unpaired) electrons. The minimum Gasteiger partial charge on any atom is -0.484 e. The van der Waals surface area contributed by atoms with Crippen molar-refractivity contribution in [2.45, 2.75) is 50.5 Å². The van der Waals surface area contributed by atoms with Gasteiger partial charge in [-0.1, -0.05) is 0 Å². The maximum absolute atomic E-state index is 13.2. The summed E-state index contributed by atoms with van der Waals surface area (Å²) in [5.74, 6) is 0.799. The van der Waals surface area contributed by atoms with Crippen LogP contribution in [0.15, 0.2) is 4.99 Å². The van der Waals surface area contributed by atoms with Crippen LogP contribution >= 0.6 is 0 Å². The molecule has 0 aromatic rings. The summed E-state index contributed by atoms with van der Waals surface area (Å²) in [6.07, 6.45) is 0.723. The molecule has 0 N–H and O–H groups in total. The third-order valence-electron chi connectivity index (χ3n) is 3.37. The number of halogens is 2. The number of nitrogens with zero attached hydrogens (tertiary/aromatic N) is 1. The molecule has 1 aliphatic heterocycles. The van der Waals surface area contributed by atoms with E-state index in [2.05, 4.69) is 4.99 Å². The molecule has 1 fully saturated rings. The molecule has 0 spiro atoms. The molecule has 1 aliphatic carbocycles. The Labute approximate surface area is 88.7 Å². The van der Waals surface area contributed by atoms with E-state index in [0.29, 0.717) is 12.8 Å². The molecule has 4 heteroatoms. The van der Waals surface area contributed by atoms with Gasteiger partial charge in [0, 0.05) is 12.8 Å². The fourth-order valence-electron chi connectivity index (χ4n) is 2.62. The molecule has 2 rings (SSSR count). The summed E-state index contributed by atoms with van der Waals surface area (Å²) in [6.45, 7) is 0. The van der Waals surface area contributed by atoms with Crippen LogP contribution < -0.4 is 0 Å². The summed E-state index contributed by atoms with van der Waals surface area (Å²) >= 11 is 0. The SMILES string of the molecule is COC1=NC(C2CC(F)CC(F)C2)CC1. The maximum Gasteiger partial charge on any atom is 0.183 e. The van der Waals surface area contributed by atoms with Gasteiger partial charge in [-0.2, -0.15) is 0 Å². The molecule has 15 heavy (non-hydrogen) atoms. The van der Waals surface area contributed by atoms with Gasteiger partial charge in [-0.25, -0.2) is 8.78 Å². The van der Waals surface area contributed by atoms with Gasteiger partial charge in [-0.3, -0.25) is 4.99 Å². The van der Waals surface area contributed by atoms with Crippen molar-refractivity contribution < 1.29 is 13.5 Å². The molecule has 0 aromatic heterocycles. The molecular weight excluding hydrogens is 200 g/mol. The van der Waals surface area contributed by atoms with Gasteiger partial charge in [-0.05, 0) is 25.2 Å². The second-order valence-electron chi connectivity index (χ2n) is 4.49. The first-order valence-electron chi connectivity index (χ1n) is 5.58. The lowest BCUT2D eigenvalue weighted by atomic mass is 9.81. The molecule has 86 valence electrons. The van der Waals surface area contributed by atoms with Crippen LogP contribution in [0.25, 0.3) is 0 Å². The smallest absolute Gasteiger partial charge is 0.183 e. The highest BCUT2D eigenvalue weighted by molar-refractivity contribution is 5.77. The number of hydrogen-bond donors (Lipinski definition) is 0. The molecule has 2 nitrogen and oxygen atoms in total. The van der Waals surface area contributed by atoms with E-state index in [1.807, 2.05) is 0 Å². The van der Waals surface area contributed by atoms with Gasteiger partial charge in [0.1, 0.15) is 12.3 Å². The molecular formula is C11H17F2NO. The number of alkyl halides is 2. The summed E-state index contributed by atoms with van der Waals surface area (Å²) in [5, 5.41) is 0. The highest BCUT2D eigenvalue weighted by Gasteiger charge is 2.35. The van der Waals surface area contributed by atoms with Crippen LogP contribution in [0.1, 0.15) is 32.1 Å². The lowest BCUT2D eigenvalue weighted by molar-refractivity contribution is 0.104. The molecule has 0 bridgehead atoms. The monoisotopic (exact) mass is 217 g/mol. The Morgan fingerprint density at radius 2 is 1.87 bits per heavy atom. The van der Waals surface area contributed by atoms with Gasteiger partial charge in [0.25, 0.3) is 0 Å². The zero-order valence-electron chi connectivity index (χ0n) is 8.96. The fourth-order valence-corrected chi connectivity index (χ4v) is 2.62. The van der Waals surface area contributed by atoms with Crippen LogP contribution in [-0.4, -0.2) is 31.4 Å². The van der Waals surface area contributed by atoms with Gasteiger partial charge in [0.05, 0.1) is 13.2 Å². The van der Waals surface area contributed by atoms with Crippen LogP contribution in [0.5, 0.6) is 0 Å². The van der Waals surface area contributed by atoms with Crippen molar-refractivity contribution in [2.75, 3.05) is 7.11 Å². The van der Waals surface area contributed by atoms with Gasteiger partial charge < -0.3 is 4.74 Å². The largest absolute Gasteiger partial charge is 0.484 e. The zero-order chi connectivity index (χ0) is 10.8. The Bertz CT molecular complexity index is 247. The van der Waals surface area contributed by atoms with Crippen molar-refractivity contribution in [3.8, 4) is 0 Å². The summed E-state index contributed by atoms with van der Waals surface area (Å²) in [6, 6.07) is 0.0803. The minimum absolute atomic E-state index is 0.0661. The Hall–Kier alpha value is -0.670. The van der Waals surface area contributed by atoms with E-state index in [9.17, 15) is 8.78 Å². The lowest BCUT2D eigenvalue weighted by Gasteiger charge is -2.29. The van der Waals surface area contributed by atoms with E-state index in [1.54, 1.807) is 7.11 Å². The first-order valence-corrected chi connectivity index (χ1v) is 5.58. The molecule has 0 amide bonds. The lowest BCUT2D eigenvalue weighted by Crippen LogP contribution is -2.30. The van der Waals surface area contributed by atoms with Crippen LogP contribution in [0.4, 0.5) is 8.78 Å². The molecule has 3 unspecified atom stereocenters. The number of ether oxygens (including phenoxy) is 1. The highest BCUT2D eigenvalue weighted by Crippen LogP contribution is 2.35. The van der Waals surface area contributed by atoms with Gasteiger partial charge in [-0.15, -0.1) is 0 Å². The zero-order valence-corrected chi connectivity index (χ0v) is 8.96. The highest BCUT2D eigenvalue weighted by atomic mass is 19.1. The predicted molar refractivity (Wildman–Crippen MR) is 54.6 cm³/mol. The number of methoxy groups -OCH3 is 1. The fraction of sp³-hybridized carbons (Fsp3) is 0.909. The van der Waals surface area contributed by atoms with Crippen LogP contribution in [-0.2, 0) is 4.74 Å². The minimum atomic E-state index is -0.986. The van der Waals surface area contributed by atoms with E-state index in [0.717, 1.165) is 18.7 Å². The van der Waals surface area contributed by atoms with E-state index in [1.165, 1.54) is 0 Å². The third kappa shape index (κ3) is 2.47. The van der Waals surface area contributed by atoms with Gasteiger partial charge >= 0.3 is 0 Å². The topological polar surface area (TPSA) is 21.6 Å². The van der Waals surface area contributed by atoms with E-state index in [4.69, 9.17) is 4.74 Å². The van der Waals surface area contributed by atoms with Gasteiger partial charge in [0.2, 0.25) is 0 Å². The second-order valence-corrected chi connectivity index (χ2v) is 4.49. The molecule has 0 saturated heterocycles. The number of rotatable bonds is 1. The van der Waals surface area contributed by atoms with Gasteiger partial charge in [0.15, 0.2) is 5.90 Å². The Morgan fingerprint density at radius 1 is 1.20 bits per heavy atom. The normalized spacial score (nSPS) is 41.4. The summed E-state index contributed by atoms with van der Waals surface area (Å²) in [7, 11) is 1.60. The van der Waals surface area contributed by atoms with Crippen molar-refractivity contribution in [3.63, 3.8) is 0 Å². The van der Waals surface area contributed by atoms with E-state index >= 15 is 0 Å². The average molecular weight is 217 g/mol. The Morgan fingerprint density at radius 3 is 2.40 bits per heavy atom. The summed E-state index contributed by atoms with van der Waals surface area (Å²) in [4.78, 5) is 4.36. The van der Waals surface area contributed by atoms with E-state index in [-0.39, 0.29) is 18.4 Å². The Kier molecular flexibility index (Phi) is 3.22. The predicted octanol–water partition coefficient (Wildman–Crippen LogP) is 2.67. The van der Waals surface area contributed by atoms with Crippen LogP contribution in [0, 0.1) is 5.92 Å². The van der Waals surface area contributed by atoms with Crippen LogP contribution in [0.3, 0.4) is 0 Å². The first kappa shape index (κ1) is 10.8.